The standard InChI is InChI=1S/C27H34O6/c1-23(2)18-13-19(28)27(6)17(24(18,3)10-8-20(29)33-23)7-11-25(4)22(16-9-12-31-15-16)32-21(30)14-26(25,27)5/h8-10,12,15,17-18,22H,7,11,13-14H2,1-6H3/t17?,18?,22-,24+,25-,26+,27-/m0/s1. The van der Waals surface area contributed by atoms with Crippen molar-refractivity contribution < 1.29 is 28.3 Å². The molecule has 5 rings (SSSR count). The van der Waals surface area contributed by atoms with Crippen molar-refractivity contribution in [3.8, 4) is 0 Å². The highest BCUT2D eigenvalue weighted by molar-refractivity contribution is 5.90. The van der Waals surface area contributed by atoms with Gasteiger partial charge in [0.2, 0.25) is 0 Å². The zero-order valence-corrected chi connectivity index (χ0v) is 20.4. The van der Waals surface area contributed by atoms with Crippen molar-refractivity contribution >= 4 is 17.7 Å². The second-order valence-electron chi connectivity index (χ2n) is 12.1. The Balaban J connectivity index is 1.69. The summed E-state index contributed by atoms with van der Waals surface area (Å²) < 4.78 is 17.0. The second kappa shape index (κ2) is 6.61. The number of allylic oxidation sites excluding steroid dienone is 1. The molecule has 1 aromatic heterocycles. The SMILES string of the molecule is CC1(C)OC(=O)C=C[C@@]2(C)C1CC(=O)[C@]1(C)C2CC[C@@]2(C)[C@H](c3ccoc3)OC(=O)C[C@]21C. The van der Waals surface area contributed by atoms with Crippen LogP contribution < -0.4 is 0 Å². The average Bonchev–Trinajstić information content (AvgIpc) is 3.22. The van der Waals surface area contributed by atoms with Crippen molar-refractivity contribution in [2.24, 2.45) is 33.5 Å². The van der Waals surface area contributed by atoms with Crippen LogP contribution in [0.25, 0.3) is 0 Å². The Bertz CT molecular complexity index is 1050. The molecule has 6 nitrogen and oxygen atoms in total. The van der Waals surface area contributed by atoms with E-state index in [4.69, 9.17) is 13.9 Å². The van der Waals surface area contributed by atoms with Crippen LogP contribution in [0, 0.1) is 33.5 Å². The summed E-state index contributed by atoms with van der Waals surface area (Å²) in [5.41, 5.74) is -2.18. The van der Waals surface area contributed by atoms with E-state index in [1.807, 2.05) is 26.0 Å². The smallest absolute Gasteiger partial charge is 0.330 e. The first kappa shape index (κ1) is 22.4. The molecule has 0 N–H and O–H groups in total. The lowest BCUT2D eigenvalue weighted by molar-refractivity contribution is -0.254. The number of carbonyl (C=O) groups excluding carboxylic acids is 3. The van der Waals surface area contributed by atoms with Crippen molar-refractivity contribution in [3.05, 3.63) is 36.3 Å². The first-order valence-corrected chi connectivity index (χ1v) is 12.0. The average molecular weight is 455 g/mol. The lowest BCUT2D eigenvalue weighted by atomic mass is 9.33. The van der Waals surface area contributed by atoms with Crippen LogP contribution in [0.15, 0.2) is 35.2 Å². The van der Waals surface area contributed by atoms with E-state index in [-0.39, 0.29) is 36.0 Å². The van der Waals surface area contributed by atoms with Crippen LogP contribution in [-0.4, -0.2) is 23.3 Å². The first-order chi connectivity index (χ1) is 15.3. The van der Waals surface area contributed by atoms with Crippen LogP contribution in [0.3, 0.4) is 0 Å². The number of ether oxygens (including phenoxy) is 2. The molecule has 3 heterocycles. The van der Waals surface area contributed by atoms with Gasteiger partial charge in [0.1, 0.15) is 17.5 Å². The lowest BCUT2D eigenvalue weighted by Crippen LogP contribution is -2.70. The van der Waals surface area contributed by atoms with E-state index in [0.29, 0.717) is 6.42 Å². The number of Topliss-reactive ketones (excluding diaryl/α,β-unsaturated/α-hetero) is 1. The largest absolute Gasteiger partial charge is 0.472 e. The van der Waals surface area contributed by atoms with Gasteiger partial charge in [-0.3, -0.25) is 9.59 Å². The number of cyclic esters (lactones) is 2. The van der Waals surface area contributed by atoms with Gasteiger partial charge in [0, 0.05) is 34.8 Å². The summed E-state index contributed by atoms with van der Waals surface area (Å²) in [6.45, 7) is 12.4. The third kappa shape index (κ3) is 2.64. The normalized spacial score (nSPS) is 46.4. The molecular formula is C27H34O6. The van der Waals surface area contributed by atoms with Crippen molar-refractivity contribution in [1.29, 1.82) is 0 Å². The molecule has 2 aliphatic carbocycles. The van der Waals surface area contributed by atoms with E-state index in [1.165, 1.54) is 6.08 Å². The van der Waals surface area contributed by atoms with E-state index in [2.05, 4.69) is 27.7 Å². The molecule has 1 saturated heterocycles. The minimum Gasteiger partial charge on any atom is -0.472 e. The van der Waals surface area contributed by atoms with Crippen LogP contribution in [0.4, 0.5) is 0 Å². The molecule has 2 saturated carbocycles. The van der Waals surface area contributed by atoms with Gasteiger partial charge in [-0.25, -0.2) is 4.79 Å². The minimum absolute atomic E-state index is 0.0322. The number of rotatable bonds is 1. The fourth-order valence-electron chi connectivity index (χ4n) is 8.38. The molecule has 2 aliphatic heterocycles. The zero-order valence-electron chi connectivity index (χ0n) is 20.4. The molecule has 0 spiro atoms. The highest BCUT2D eigenvalue weighted by Gasteiger charge is 2.74. The molecule has 0 bridgehead atoms. The number of fused-ring (bicyclic) bond motifs is 5. The van der Waals surface area contributed by atoms with Crippen LogP contribution >= 0.6 is 0 Å². The Morgan fingerprint density at radius 3 is 2.39 bits per heavy atom. The predicted octanol–water partition coefficient (Wildman–Crippen LogP) is 5.18. The summed E-state index contributed by atoms with van der Waals surface area (Å²) in [6.07, 6.45) is 8.40. The van der Waals surface area contributed by atoms with E-state index in [9.17, 15) is 14.4 Å². The second-order valence-corrected chi connectivity index (χ2v) is 12.1. The van der Waals surface area contributed by atoms with E-state index < -0.39 is 33.4 Å². The molecule has 33 heavy (non-hydrogen) atoms. The maximum absolute atomic E-state index is 14.2. The Labute approximate surface area is 195 Å². The Hall–Kier alpha value is -2.37. The summed E-state index contributed by atoms with van der Waals surface area (Å²) in [5.74, 6) is -0.651. The van der Waals surface area contributed by atoms with Crippen molar-refractivity contribution in [2.45, 2.75) is 78.9 Å². The van der Waals surface area contributed by atoms with Gasteiger partial charge < -0.3 is 13.9 Å². The number of hydrogen-bond acceptors (Lipinski definition) is 6. The van der Waals surface area contributed by atoms with Crippen LogP contribution in [0.5, 0.6) is 0 Å². The van der Waals surface area contributed by atoms with Gasteiger partial charge in [0.15, 0.2) is 0 Å². The van der Waals surface area contributed by atoms with E-state index in [0.717, 1.165) is 18.4 Å². The molecule has 1 aromatic rings. The zero-order chi connectivity index (χ0) is 24.0. The Morgan fingerprint density at radius 1 is 1.00 bits per heavy atom. The van der Waals surface area contributed by atoms with E-state index in [1.54, 1.807) is 12.5 Å². The van der Waals surface area contributed by atoms with Gasteiger partial charge in [-0.15, -0.1) is 0 Å². The third-order valence-electron chi connectivity index (χ3n) is 10.5. The number of hydrogen-bond donors (Lipinski definition) is 0. The quantitative estimate of drug-likeness (QED) is 0.544. The molecule has 2 unspecified atom stereocenters. The summed E-state index contributed by atoms with van der Waals surface area (Å²) >= 11 is 0. The maximum atomic E-state index is 14.2. The number of esters is 2. The Morgan fingerprint density at radius 2 is 1.73 bits per heavy atom. The number of furan rings is 1. The molecule has 3 fully saturated rings. The van der Waals surface area contributed by atoms with Gasteiger partial charge in [0.05, 0.1) is 18.9 Å². The van der Waals surface area contributed by atoms with Crippen LogP contribution in [0.2, 0.25) is 0 Å². The molecule has 0 aromatic carbocycles. The van der Waals surface area contributed by atoms with Crippen molar-refractivity contribution in [3.63, 3.8) is 0 Å². The monoisotopic (exact) mass is 454 g/mol. The summed E-state index contributed by atoms with van der Waals surface area (Å²) in [4.78, 5) is 39.6. The Kier molecular flexibility index (Phi) is 4.49. The molecule has 0 amide bonds. The van der Waals surface area contributed by atoms with Crippen molar-refractivity contribution in [1.82, 2.24) is 0 Å². The fraction of sp³-hybridized carbons (Fsp3) is 0.667. The lowest BCUT2D eigenvalue weighted by Gasteiger charge is -2.70. The van der Waals surface area contributed by atoms with Crippen LogP contribution in [-0.2, 0) is 23.9 Å². The first-order valence-electron chi connectivity index (χ1n) is 12.0. The predicted molar refractivity (Wildman–Crippen MR) is 120 cm³/mol. The highest BCUT2D eigenvalue weighted by atomic mass is 16.6. The topological polar surface area (TPSA) is 82.8 Å². The molecule has 6 heteroatoms. The maximum Gasteiger partial charge on any atom is 0.330 e. The van der Waals surface area contributed by atoms with Crippen LogP contribution in [0.1, 0.15) is 78.9 Å². The van der Waals surface area contributed by atoms with Gasteiger partial charge in [-0.05, 0) is 49.5 Å². The molecule has 7 atom stereocenters. The fourth-order valence-corrected chi connectivity index (χ4v) is 8.38. The van der Waals surface area contributed by atoms with Gasteiger partial charge in [-0.2, -0.15) is 0 Å². The van der Waals surface area contributed by atoms with Gasteiger partial charge >= 0.3 is 11.9 Å². The summed E-state index contributed by atoms with van der Waals surface area (Å²) in [5, 5.41) is 0. The van der Waals surface area contributed by atoms with Gasteiger partial charge in [-0.1, -0.05) is 33.8 Å². The molecular weight excluding hydrogens is 420 g/mol. The van der Waals surface area contributed by atoms with Gasteiger partial charge in [0.25, 0.3) is 0 Å². The third-order valence-corrected chi connectivity index (χ3v) is 10.5. The van der Waals surface area contributed by atoms with E-state index >= 15 is 0 Å². The molecule has 4 aliphatic rings. The number of carbonyl (C=O) groups is 3. The molecule has 0 radical (unpaired) electrons. The highest BCUT2D eigenvalue weighted by Crippen LogP contribution is 2.75. The number of ketones is 1. The minimum atomic E-state index is -0.765. The summed E-state index contributed by atoms with van der Waals surface area (Å²) in [7, 11) is 0. The van der Waals surface area contributed by atoms with Crippen molar-refractivity contribution in [2.75, 3.05) is 0 Å². The summed E-state index contributed by atoms with van der Waals surface area (Å²) in [6, 6.07) is 1.85. The molecule has 178 valence electrons.